The summed E-state index contributed by atoms with van der Waals surface area (Å²) < 4.78 is 35.2. The van der Waals surface area contributed by atoms with E-state index in [4.69, 9.17) is 8.92 Å². The van der Waals surface area contributed by atoms with Gasteiger partial charge in [0, 0.05) is 0 Å². The number of ether oxygens (including phenoxy) is 1. The fourth-order valence-electron chi connectivity index (χ4n) is 3.35. The number of benzene rings is 1. The second kappa shape index (κ2) is 5.89. The van der Waals surface area contributed by atoms with Crippen LogP contribution in [0.4, 0.5) is 0 Å². The highest BCUT2D eigenvalue weighted by Gasteiger charge is 2.52. The van der Waals surface area contributed by atoms with Crippen LogP contribution in [0.2, 0.25) is 0 Å². The van der Waals surface area contributed by atoms with Crippen molar-refractivity contribution in [2.45, 2.75) is 49.2 Å². The van der Waals surface area contributed by atoms with E-state index in [1.165, 1.54) is 12.1 Å². The number of rotatable bonds is 5. The SMILES string of the molecule is Cc1ccc(S(=O)(=O)OCC2OC3(C(=O)O)CCC2CC3)cc1. The number of hydrogen-bond acceptors (Lipinski definition) is 5. The summed E-state index contributed by atoms with van der Waals surface area (Å²) in [6.45, 7) is 1.73. The van der Waals surface area contributed by atoms with Crippen LogP contribution in [-0.4, -0.2) is 37.8 Å². The molecule has 23 heavy (non-hydrogen) atoms. The maximum absolute atomic E-state index is 12.2. The molecule has 2 heterocycles. The topological polar surface area (TPSA) is 89.9 Å². The van der Waals surface area contributed by atoms with E-state index < -0.39 is 27.8 Å². The van der Waals surface area contributed by atoms with E-state index in [0.29, 0.717) is 12.8 Å². The van der Waals surface area contributed by atoms with E-state index in [-0.39, 0.29) is 17.4 Å². The summed E-state index contributed by atoms with van der Waals surface area (Å²) in [4.78, 5) is 11.5. The van der Waals surface area contributed by atoms with Gasteiger partial charge in [-0.2, -0.15) is 8.42 Å². The minimum atomic E-state index is -3.86. The molecular formula is C16H20O6S. The molecule has 0 aromatic heterocycles. The molecule has 6 nitrogen and oxygen atoms in total. The van der Waals surface area contributed by atoms with Crippen LogP contribution in [0.1, 0.15) is 31.2 Å². The highest BCUT2D eigenvalue weighted by atomic mass is 32.2. The zero-order chi connectivity index (χ0) is 16.7. The molecule has 126 valence electrons. The maximum atomic E-state index is 12.2. The number of aliphatic carboxylic acids is 1. The van der Waals surface area contributed by atoms with E-state index in [2.05, 4.69) is 0 Å². The lowest BCUT2D eigenvalue weighted by atomic mass is 9.73. The Bertz CT molecular complexity index is 686. The second-order valence-electron chi connectivity index (χ2n) is 6.34. The molecule has 0 radical (unpaired) electrons. The summed E-state index contributed by atoms with van der Waals surface area (Å²) in [6, 6.07) is 6.40. The molecule has 3 aliphatic rings. The van der Waals surface area contributed by atoms with Gasteiger partial charge >= 0.3 is 5.97 Å². The molecule has 1 unspecified atom stereocenters. The zero-order valence-electron chi connectivity index (χ0n) is 12.9. The van der Waals surface area contributed by atoms with E-state index in [1.54, 1.807) is 12.1 Å². The van der Waals surface area contributed by atoms with Crippen molar-refractivity contribution in [1.29, 1.82) is 0 Å². The molecule has 3 fully saturated rings. The number of aryl methyl sites for hydroxylation is 1. The molecule has 1 aliphatic carbocycles. The van der Waals surface area contributed by atoms with Crippen LogP contribution in [0.5, 0.6) is 0 Å². The van der Waals surface area contributed by atoms with E-state index in [1.807, 2.05) is 6.92 Å². The van der Waals surface area contributed by atoms with Crippen LogP contribution in [0.25, 0.3) is 0 Å². The van der Waals surface area contributed by atoms with E-state index in [9.17, 15) is 18.3 Å². The second-order valence-corrected chi connectivity index (χ2v) is 7.96. The van der Waals surface area contributed by atoms with Crippen molar-refractivity contribution in [3.05, 3.63) is 29.8 Å². The molecule has 0 spiro atoms. The van der Waals surface area contributed by atoms with Crippen LogP contribution in [0, 0.1) is 12.8 Å². The minimum absolute atomic E-state index is 0.0945. The zero-order valence-corrected chi connectivity index (χ0v) is 13.7. The molecule has 2 aliphatic heterocycles. The van der Waals surface area contributed by atoms with Crippen LogP contribution >= 0.6 is 0 Å². The van der Waals surface area contributed by atoms with Gasteiger partial charge < -0.3 is 9.84 Å². The lowest BCUT2D eigenvalue weighted by Gasteiger charge is -2.48. The summed E-state index contributed by atoms with van der Waals surface area (Å²) in [5.41, 5.74) is -0.212. The van der Waals surface area contributed by atoms with E-state index in [0.717, 1.165) is 18.4 Å². The number of carbonyl (C=O) groups is 1. The monoisotopic (exact) mass is 340 g/mol. The Morgan fingerprint density at radius 3 is 2.48 bits per heavy atom. The van der Waals surface area contributed by atoms with Crippen molar-refractivity contribution in [3.8, 4) is 0 Å². The first-order valence-electron chi connectivity index (χ1n) is 7.70. The largest absolute Gasteiger partial charge is 0.479 e. The van der Waals surface area contributed by atoms with Gasteiger partial charge in [-0.3, -0.25) is 4.18 Å². The Morgan fingerprint density at radius 1 is 1.30 bits per heavy atom. The highest BCUT2D eigenvalue weighted by molar-refractivity contribution is 7.86. The lowest BCUT2D eigenvalue weighted by molar-refractivity contribution is -0.217. The van der Waals surface area contributed by atoms with E-state index >= 15 is 0 Å². The number of hydrogen-bond donors (Lipinski definition) is 1. The van der Waals surface area contributed by atoms with Gasteiger partial charge in [-0.1, -0.05) is 17.7 Å². The fraction of sp³-hybridized carbons (Fsp3) is 0.562. The molecule has 2 saturated heterocycles. The van der Waals surface area contributed by atoms with Crippen LogP contribution in [0.15, 0.2) is 29.2 Å². The molecular weight excluding hydrogens is 320 g/mol. The Balaban J connectivity index is 1.68. The first kappa shape index (κ1) is 16.4. The van der Waals surface area contributed by atoms with Crippen molar-refractivity contribution < 1.29 is 27.2 Å². The van der Waals surface area contributed by atoms with Gasteiger partial charge in [0.15, 0.2) is 5.60 Å². The molecule has 1 atom stereocenters. The van der Waals surface area contributed by atoms with Gasteiger partial charge in [0.2, 0.25) is 0 Å². The van der Waals surface area contributed by atoms with Crippen LogP contribution in [-0.2, 0) is 23.8 Å². The molecule has 1 aromatic rings. The van der Waals surface area contributed by atoms with Gasteiger partial charge in [0.25, 0.3) is 10.1 Å². The molecule has 7 heteroatoms. The molecule has 2 bridgehead atoms. The summed E-state index contributed by atoms with van der Waals surface area (Å²) >= 11 is 0. The first-order valence-corrected chi connectivity index (χ1v) is 9.11. The average molecular weight is 340 g/mol. The minimum Gasteiger partial charge on any atom is -0.479 e. The van der Waals surface area contributed by atoms with Crippen molar-refractivity contribution in [1.82, 2.24) is 0 Å². The van der Waals surface area contributed by atoms with Gasteiger partial charge in [-0.25, -0.2) is 4.79 Å². The maximum Gasteiger partial charge on any atom is 0.335 e. The number of carboxylic acids is 1. The normalized spacial score (nSPS) is 30.3. The van der Waals surface area contributed by atoms with Crippen molar-refractivity contribution >= 4 is 16.1 Å². The molecule has 1 N–H and O–H groups in total. The van der Waals surface area contributed by atoms with Crippen molar-refractivity contribution in [2.75, 3.05) is 6.61 Å². The fourth-order valence-corrected chi connectivity index (χ4v) is 4.26. The summed E-state index contributed by atoms with van der Waals surface area (Å²) in [5.74, 6) is -0.813. The lowest BCUT2D eigenvalue weighted by Crippen LogP contribution is -2.56. The van der Waals surface area contributed by atoms with Gasteiger partial charge in [0.1, 0.15) is 0 Å². The Morgan fingerprint density at radius 2 is 1.91 bits per heavy atom. The third-order valence-corrected chi connectivity index (χ3v) is 6.12. The molecule has 1 aromatic carbocycles. The van der Waals surface area contributed by atoms with Gasteiger partial charge in [-0.05, 0) is 50.7 Å². The quantitative estimate of drug-likeness (QED) is 0.826. The summed E-state index contributed by atoms with van der Waals surface area (Å²) in [6.07, 6.45) is 1.92. The predicted octanol–water partition coefficient (Wildman–Crippen LogP) is 2.11. The Hall–Kier alpha value is -1.44. The summed E-state index contributed by atoms with van der Waals surface area (Å²) in [7, 11) is -3.86. The first-order chi connectivity index (χ1) is 10.8. The third-order valence-electron chi connectivity index (χ3n) is 4.83. The summed E-state index contributed by atoms with van der Waals surface area (Å²) in [5, 5.41) is 9.38. The number of fused-ring (bicyclic) bond motifs is 3. The van der Waals surface area contributed by atoms with Gasteiger partial charge in [-0.15, -0.1) is 0 Å². The number of carboxylic acid groups (broad SMARTS) is 1. The Kier molecular flexibility index (Phi) is 4.20. The van der Waals surface area contributed by atoms with Gasteiger partial charge in [0.05, 0.1) is 17.6 Å². The van der Waals surface area contributed by atoms with Crippen molar-refractivity contribution in [3.63, 3.8) is 0 Å². The van der Waals surface area contributed by atoms with Crippen LogP contribution in [0.3, 0.4) is 0 Å². The molecule has 0 amide bonds. The smallest absolute Gasteiger partial charge is 0.335 e. The predicted molar refractivity (Wildman–Crippen MR) is 81.5 cm³/mol. The Labute approximate surface area is 135 Å². The standard InChI is InChI=1S/C16H20O6S/c1-11-2-4-13(5-3-11)23(19,20)21-10-14-12-6-8-16(22-14,9-7-12)15(17)18/h2-5,12,14H,6-10H2,1H3,(H,17,18). The molecule has 4 rings (SSSR count). The highest BCUT2D eigenvalue weighted by Crippen LogP contribution is 2.45. The average Bonchev–Trinajstić information content (AvgIpc) is 2.54. The third kappa shape index (κ3) is 3.13. The molecule has 1 saturated carbocycles. The van der Waals surface area contributed by atoms with Crippen molar-refractivity contribution in [2.24, 2.45) is 5.92 Å². The van der Waals surface area contributed by atoms with Crippen LogP contribution < -0.4 is 0 Å².